The average molecular weight is 258 g/mol. The number of carboxylic acids is 1. The van der Waals surface area contributed by atoms with Gasteiger partial charge in [-0.3, -0.25) is 0 Å². The van der Waals surface area contributed by atoms with Gasteiger partial charge in [-0.15, -0.1) is 0 Å². The molecule has 1 aromatic rings. The molecule has 0 aliphatic rings. The maximum absolute atomic E-state index is 11.1. The topological polar surface area (TPSA) is 95.5 Å². The van der Waals surface area contributed by atoms with Crippen LogP contribution < -0.4 is 10.0 Å². The van der Waals surface area contributed by atoms with Crippen molar-refractivity contribution in [3.63, 3.8) is 0 Å². The van der Waals surface area contributed by atoms with Gasteiger partial charge in [0, 0.05) is 12.2 Å². The molecule has 6 nitrogen and oxygen atoms in total. The van der Waals surface area contributed by atoms with E-state index in [-0.39, 0.29) is 17.9 Å². The first-order valence-corrected chi connectivity index (χ1v) is 6.58. The summed E-state index contributed by atoms with van der Waals surface area (Å²) in [6.07, 6.45) is 0. The Hall–Kier alpha value is -1.60. The van der Waals surface area contributed by atoms with Crippen LogP contribution in [0.15, 0.2) is 24.3 Å². The standard InChI is InChI=1S/C10H14N2O4S/c1-11-17(15,16)6-5-12-9-4-2-3-8(7-9)10(13)14/h2-4,7,11-12H,5-6H2,1H3,(H,13,14). The van der Waals surface area contributed by atoms with Gasteiger partial charge in [0.25, 0.3) is 0 Å². The second-order valence-electron chi connectivity index (χ2n) is 3.34. The number of carbonyl (C=O) groups is 1. The van der Waals surface area contributed by atoms with Gasteiger partial charge in [0.2, 0.25) is 10.0 Å². The van der Waals surface area contributed by atoms with Crippen LogP contribution in [-0.2, 0) is 10.0 Å². The Labute approximate surface area is 99.7 Å². The number of sulfonamides is 1. The van der Waals surface area contributed by atoms with Crippen LogP contribution in [0.4, 0.5) is 5.69 Å². The van der Waals surface area contributed by atoms with Crippen molar-refractivity contribution in [1.29, 1.82) is 0 Å². The highest BCUT2D eigenvalue weighted by atomic mass is 32.2. The number of hydrogen-bond donors (Lipinski definition) is 3. The van der Waals surface area contributed by atoms with Crippen LogP contribution in [0.25, 0.3) is 0 Å². The third-order valence-electron chi connectivity index (χ3n) is 2.12. The van der Waals surface area contributed by atoms with Crippen LogP contribution in [0.3, 0.4) is 0 Å². The normalized spacial score (nSPS) is 11.1. The number of hydrogen-bond acceptors (Lipinski definition) is 4. The van der Waals surface area contributed by atoms with E-state index in [9.17, 15) is 13.2 Å². The minimum atomic E-state index is -3.24. The molecule has 0 bridgehead atoms. The first kappa shape index (κ1) is 13.5. The molecule has 0 radical (unpaired) electrons. The fourth-order valence-electron chi connectivity index (χ4n) is 1.19. The summed E-state index contributed by atoms with van der Waals surface area (Å²) in [5.74, 6) is -1.09. The quantitative estimate of drug-likeness (QED) is 0.684. The molecule has 3 N–H and O–H groups in total. The number of carboxylic acid groups (broad SMARTS) is 1. The van der Waals surface area contributed by atoms with Crippen LogP contribution in [0, 0.1) is 0 Å². The highest BCUT2D eigenvalue weighted by Crippen LogP contribution is 2.10. The van der Waals surface area contributed by atoms with Gasteiger partial charge in [0.15, 0.2) is 0 Å². The van der Waals surface area contributed by atoms with E-state index in [0.29, 0.717) is 5.69 Å². The van der Waals surface area contributed by atoms with E-state index in [4.69, 9.17) is 5.11 Å². The molecule has 0 saturated heterocycles. The highest BCUT2D eigenvalue weighted by molar-refractivity contribution is 7.89. The number of rotatable bonds is 6. The minimum absolute atomic E-state index is 0.0687. The third kappa shape index (κ3) is 4.41. The Morgan fingerprint density at radius 1 is 1.41 bits per heavy atom. The fourth-order valence-corrected chi connectivity index (χ4v) is 1.77. The number of nitrogens with one attached hydrogen (secondary N) is 2. The second-order valence-corrected chi connectivity index (χ2v) is 5.38. The van der Waals surface area contributed by atoms with Gasteiger partial charge in [0.05, 0.1) is 11.3 Å². The van der Waals surface area contributed by atoms with E-state index in [0.717, 1.165) is 0 Å². The van der Waals surface area contributed by atoms with Gasteiger partial charge in [0.1, 0.15) is 0 Å². The lowest BCUT2D eigenvalue weighted by molar-refractivity contribution is 0.0697. The maximum Gasteiger partial charge on any atom is 0.335 e. The van der Waals surface area contributed by atoms with Gasteiger partial charge in [-0.2, -0.15) is 0 Å². The summed E-state index contributed by atoms with van der Waals surface area (Å²) in [6, 6.07) is 6.20. The molecule has 0 unspecified atom stereocenters. The van der Waals surface area contributed by atoms with Crippen molar-refractivity contribution in [2.75, 3.05) is 24.7 Å². The molecular weight excluding hydrogens is 244 g/mol. The van der Waals surface area contributed by atoms with Gasteiger partial charge in [-0.1, -0.05) is 6.07 Å². The summed E-state index contributed by atoms with van der Waals surface area (Å²) in [4.78, 5) is 10.7. The Morgan fingerprint density at radius 2 is 2.12 bits per heavy atom. The number of anilines is 1. The minimum Gasteiger partial charge on any atom is -0.478 e. The van der Waals surface area contributed by atoms with E-state index in [2.05, 4.69) is 10.0 Å². The van der Waals surface area contributed by atoms with Crippen LogP contribution in [0.2, 0.25) is 0 Å². The summed E-state index contributed by atoms with van der Waals surface area (Å²) >= 11 is 0. The Morgan fingerprint density at radius 3 is 2.71 bits per heavy atom. The first-order valence-electron chi connectivity index (χ1n) is 4.93. The molecule has 1 rings (SSSR count). The smallest absolute Gasteiger partial charge is 0.335 e. The van der Waals surface area contributed by atoms with Gasteiger partial charge in [-0.05, 0) is 25.2 Å². The summed E-state index contributed by atoms with van der Waals surface area (Å²) in [5.41, 5.74) is 0.739. The molecule has 0 aromatic heterocycles. The maximum atomic E-state index is 11.1. The lowest BCUT2D eigenvalue weighted by Gasteiger charge is -2.07. The predicted molar refractivity (Wildman–Crippen MR) is 64.7 cm³/mol. The molecule has 0 aliphatic carbocycles. The molecular formula is C10H14N2O4S. The Kier molecular flexibility index (Phi) is 4.47. The van der Waals surface area contributed by atoms with Crippen molar-refractivity contribution in [2.45, 2.75) is 0 Å². The molecule has 17 heavy (non-hydrogen) atoms. The molecule has 0 fully saturated rings. The monoisotopic (exact) mass is 258 g/mol. The molecule has 0 atom stereocenters. The number of benzene rings is 1. The molecule has 0 heterocycles. The lowest BCUT2D eigenvalue weighted by atomic mass is 10.2. The van der Waals surface area contributed by atoms with Crippen molar-refractivity contribution in [1.82, 2.24) is 4.72 Å². The predicted octanol–water partition coefficient (Wildman–Crippen LogP) is 0.346. The van der Waals surface area contributed by atoms with Gasteiger partial charge < -0.3 is 10.4 Å². The van der Waals surface area contributed by atoms with Gasteiger partial charge in [-0.25, -0.2) is 17.9 Å². The van der Waals surface area contributed by atoms with Crippen LogP contribution in [-0.4, -0.2) is 38.8 Å². The molecule has 1 aromatic carbocycles. The summed E-state index contributed by atoms with van der Waals surface area (Å²) in [5, 5.41) is 11.6. The largest absolute Gasteiger partial charge is 0.478 e. The summed E-state index contributed by atoms with van der Waals surface area (Å²) in [7, 11) is -1.90. The van der Waals surface area contributed by atoms with E-state index in [1.54, 1.807) is 12.1 Å². The molecule has 0 aliphatic heterocycles. The van der Waals surface area contributed by atoms with Crippen molar-refractivity contribution >= 4 is 21.7 Å². The summed E-state index contributed by atoms with van der Waals surface area (Å²) < 4.78 is 24.4. The van der Waals surface area contributed by atoms with Gasteiger partial charge >= 0.3 is 5.97 Å². The van der Waals surface area contributed by atoms with E-state index >= 15 is 0 Å². The van der Waals surface area contributed by atoms with Crippen molar-refractivity contribution < 1.29 is 18.3 Å². The average Bonchev–Trinajstić information content (AvgIpc) is 2.29. The van der Waals surface area contributed by atoms with E-state index < -0.39 is 16.0 Å². The Bertz CT molecular complexity index is 499. The first-order chi connectivity index (χ1) is 7.94. The van der Waals surface area contributed by atoms with Crippen molar-refractivity contribution in [2.24, 2.45) is 0 Å². The van der Waals surface area contributed by atoms with Crippen LogP contribution in [0.5, 0.6) is 0 Å². The Balaban J connectivity index is 2.58. The molecule has 7 heteroatoms. The molecule has 94 valence electrons. The highest BCUT2D eigenvalue weighted by Gasteiger charge is 2.06. The zero-order valence-corrected chi connectivity index (χ0v) is 10.1. The molecule has 0 saturated carbocycles. The van der Waals surface area contributed by atoms with Crippen LogP contribution >= 0.6 is 0 Å². The fraction of sp³-hybridized carbons (Fsp3) is 0.300. The summed E-state index contributed by atoms with van der Waals surface area (Å²) in [6.45, 7) is 0.215. The van der Waals surface area contributed by atoms with Crippen molar-refractivity contribution in [3.8, 4) is 0 Å². The van der Waals surface area contributed by atoms with Crippen molar-refractivity contribution in [3.05, 3.63) is 29.8 Å². The van der Waals surface area contributed by atoms with E-state index in [1.165, 1.54) is 19.2 Å². The lowest BCUT2D eigenvalue weighted by Crippen LogP contribution is -2.26. The zero-order chi connectivity index (χ0) is 12.9. The molecule has 0 amide bonds. The number of aromatic carboxylic acids is 1. The third-order valence-corrected chi connectivity index (χ3v) is 3.48. The zero-order valence-electron chi connectivity index (χ0n) is 9.30. The SMILES string of the molecule is CNS(=O)(=O)CCNc1cccc(C(=O)O)c1. The molecule has 0 spiro atoms. The second kappa shape index (κ2) is 5.65. The van der Waals surface area contributed by atoms with Crippen LogP contribution in [0.1, 0.15) is 10.4 Å². The van der Waals surface area contributed by atoms with E-state index in [1.807, 2.05) is 0 Å².